The van der Waals surface area contributed by atoms with Crippen LogP contribution in [-0.4, -0.2) is 133 Å². The smallest absolute Gasteiger partial charge is 0.410 e. The maximum atomic E-state index is 14.5. The predicted octanol–water partition coefficient (Wildman–Crippen LogP) is 3.63. The van der Waals surface area contributed by atoms with Crippen LogP contribution in [0.1, 0.15) is 39.7 Å². The predicted molar refractivity (Wildman–Crippen MR) is 194 cm³/mol. The number of likely N-dealkylation sites (N-methyl/N-ethyl adjacent to an activating group) is 2. The van der Waals surface area contributed by atoms with Gasteiger partial charge >= 0.3 is 6.09 Å². The molecule has 4 amide bonds. The summed E-state index contributed by atoms with van der Waals surface area (Å²) in [5.41, 5.74) is 0.0217. The summed E-state index contributed by atoms with van der Waals surface area (Å²) >= 11 is 0. The standard InChI is InChI=1S/C38H50F2N6O7/c1-24(44(7)37(50)53-38(3,4)5)34(47)42-33(25(2)51-8)36(49)46-21-31(52-30-15-13-28(40)14-16-30)19-29(46)20-45(35(48)32-22-43(6)23-41-32)18-17-26-9-11-27(39)12-10-26/h9-16,23-24,29,31-33H,2,17-22H2,1,3-8H3,(H,42,47)/t24-,29-,31-,32?,33-/m0/s1. The van der Waals surface area contributed by atoms with Crippen molar-refractivity contribution in [3.8, 4) is 5.75 Å². The molecule has 2 aliphatic heterocycles. The van der Waals surface area contributed by atoms with Gasteiger partial charge in [-0.05, 0) is 76.1 Å². The quantitative estimate of drug-likeness (QED) is 0.291. The minimum absolute atomic E-state index is 0.0512. The van der Waals surface area contributed by atoms with Gasteiger partial charge in [0.2, 0.25) is 11.8 Å². The monoisotopic (exact) mass is 740 g/mol. The molecular weight excluding hydrogens is 690 g/mol. The van der Waals surface area contributed by atoms with Crippen LogP contribution in [0.15, 0.2) is 65.9 Å². The molecule has 288 valence electrons. The lowest BCUT2D eigenvalue weighted by Crippen LogP contribution is -2.57. The van der Waals surface area contributed by atoms with Gasteiger partial charge in [-0.15, -0.1) is 0 Å². The number of rotatable bonds is 14. The normalized spacial score (nSPS) is 19.3. The Morgan fingerprint density at radius 3 is 2.23 bits per heavy atom. The third kappa shape index (κ3) is 11.1. The van der Waals surface area contributed by atoms with Gasteiger partial charge in [0.1, 0.15) is 46.9 Å². The molecule has 1 fully saturated rings. The zero-order chi connectivity index (χ0) is 39.0. The van der Waals surface area contributed by atoms with Crippen molar-refractivity contribution in [1.82, 2.24) is 24.9 Å². The first kappa shape index (κ1) is 40.6. The highest BCUT2D eigenvalue weighted by Gasteiger charge is 2.43. The van der Waals surface area contributed by atoms with Crippen LogP contribution in [0.5, 0.6) is 5.75 Å². The molecule has 2 aromatic carbocycles. The third-order valence-electron chi connectivity index (χ3n) is 9.05. The summed E-state index contributed by atoms with van der Waals surface area (Å²) in [6.45, 7) is 11.3. The molecule has 1 unspecified atom stereocenters. The van der Waals surface area contributed by atoms with Crippen molar-refractivity contribution in [3.63, 3.8) is 0 Å². The molecule has 0 radical (unpaired) electrons. The minimum atomic E-state index is -1.37. The number of ether oxygens (including phenoxy) is 3. The van der Waals surface area contributed by atoms with Gasteiger partial charge in [0.15, 0.2) is 6.04 Å². The first-order chi connectivity index (χ1) is 24.9. The van der Waals surface area contributed by atoms with Crippen molar-refractivity contribution >= 4 is 30.2 Å². The van der Waals surface area contributed by atoms with E-state index in [1.165, 1.54) is 62.4 Å². The average molecular weight is 741 g/mol. The summed E-state index contributed by atoms with van der Waals surface area (Å²) in [6, 6.07) is 7.85. The molecule has 0 spiro atoms. The Balaban J connectivity index is 1.61. The van der Waals surface area contributed by atoms with Crippen LogP contribution in [0.2, 0.25) is 0 Å². The second-order valence-corrected chi connectivity index (χ2v) is 14.3. The van der Waals surface area contributed by atoms with E-state index in [-0.39, 0.29) is 43.5 Å². The maximum absolute atomic E-state index is 14.5. The van der Waals surface area contributed by atoms with Crippen molar-refractivity contribution in [3.05, 3.63) is 78.1 Å². The Bertz CT molecular complexity index is 1650. The fraction of sp³-hybridized carbons (Fsp3) is 0.500. The van der Waals surface area contributed by atoms with Crippen molar-refractivity contribution in [1.29, 1.82) is 0 Å². The molecular formula is C38H50F2N6O7. The first-order valence-corrected chi connectivity index (χ1v) is 17.4. The summed E-state index contributed by atoms with van der Waals surface area (Å²) in [5, 5.41) is 2.69. The van der Waals surface area contributed by atoms with Crippen LogP contribution < -0.4 is 10.1 Å². The molecule has 0 aromatic heterocycles. The van der Waals surface area contributed by atoms with Crippen molar-refractivity contribution in [2.75, 3.05) is 47.4 Å². The van der Waals surface area contributed by atoms with Gasteiger partial charge in [-0.3, -0.25) is 24.3 Å². The molecule has 5 atom stereocenters. The number of benzene rings is 2. The van der Waals surface area contributed by atoms with Gasteiger partial charge < -0.3 is 34.2 Å². The van der Waals surface area contributed by atoms with Crippen molar-refractivity contribution in [2.24, 2.45) is 4.99 Å². The number of nitrogens with one attached hydrogen (secondary N) is 1. The van der Waals surface area contributed by atoms with Crippen LogP contribution in [0.3, 0.4) is 0 Å². The summed E-state index contributed by atoms with van der Waals surface area (Å²) in [7, 11) is 4.55. The van der Waals surface area contributed by atoms with E-state index in [2.05, 4.69) is 16.9 Å². The fourth-order valence-electron chi connectivity index (χ4n) is 5.98. The Labute approximate surface area is 309 Å². The summed E-state index contributed by atoms with van der Waals surface area (Å²) in [6.07, 6.45) is 1.01. The SMILES string of the molecule is C=C(OC)[C@H](NC(=O)[C@H](C)N(C)C(=O)OC(C)(C)C)C(=O)N1C[C@@H](Oc2ccc(F)cc2)C[C@H]1CN(CCc1ccc(F)cc1)C(=O)C1CN(C)C=N1. The van der Waals surface area contributed by atoms with Gasteiger partial charge in [0.25, 0.3) is 5.91 Å². The lowest BCUT2D eigenvalue weighted by molar-refractivity contribution is -0.140. The van der Waals surface area contributed by atoms with Gasteiger partial charge in [-0.2, -0.15) is 0 Å². The Hall–Kier alpha value is -5.21. The minimum Gasteiger partial charge on any atom is -0.499 e. The van der Waals surface area contributed by atoms with E-state index in [9.17, 15) is 28.0 Å². The molecule has 0 saturated carbocycles. The topological polar surface area (TPSA) is 133 Å². The number of hydrogen-bond donors (Lipinski definition) is 1. The highest BCUT2D eigenvalue weighted by Crippen LogP contribution is 2.27. The highest BCUT2D eigenvalue weighted by atomic mass is 19.1. The average Bonchev–Trinajstić information content (AvgIpc) is 3.73. The molecule has 15 heteroatoms. The Morgan fingerprint density at radius 2 is 1.66 bits per heavy atom. The molecule has 2 aliphatic rings. The van der Waals surface area contributed by atoms with E-state index in [0.29, 0.717) is 18.7 Å². The zero-order valence-electron chi connectivity index (χ0n) is 31.4. The largest absolute Gasteiger partial charge is 0.499 e. The fourth-order valence-corrected chi connectivity index (χ4v) is 5.98. The number of carbonyl (C=O) groups excluding carboxylic acids is 4. The number of amides is 4. The molecule has 0 bridgehead atoms. The summed E-state index contributed by atoms with van der Waals surface area (Å²) < 4.78 is 44.3. The van der Waals surface area contributed by atoms with Gasteiger partial charge in [0.05, 0.1) is 26.0 Å². The van der Waals surface area contributed by atoms with E-state index in [1.807, 2.05) is 11.9 Å². The molecule has 2 aromatic rings. The number of methoxy groups -OCH3 is 1. The molecule has 2 heterocycles. The van der Waals surface area contributed by atoms with Crippen LogP contribution in [0, 0.1) is 11.6 Å². The van der Waals surface area contributed by atoms with Gasteiger partial charge in [-0.1, -0.05) is 18.7 Å². The Morgan fingerprint density at radius 1 is 1.04 bits per heavy atom. The zero-order valence-corrected chi connectivity index (χ0v) is 31.4. The van der Waals surface area contributed by atoms with Crippen LogP contribution in [0.25, 0.3) is 0 Å². The van der Waals surface area contributed by atoms with Crippen LogP contribution in [0.4, 0.5) is 13.6 Å². The van der Waals surface area contributed by atoms with E-state index in [0.717, 1.165) is 10.5 Å². The lowest BCUT2D eigenvalue weighted by atomic mass is 10.1. The second-order valence-electron chi connectivity index (χ2n) is 14.3. The van der Waals surface area contributed by atoms with Gasteiger partial charge in [-0.25, -0.2) is 13.6 Å². The van der Waals surface area contributed by atoms with E-state index < -0.39 is 59.6 Å². The maximum Gasteiger partial charge on any atom is 0.410 e. The molecule has 53 heavy (non-hydrogen) atoms. The van der Waals surface area contributed by atoms with E-state index >= 15 is 0 Å². The lowest BCUT2D eigenvalue weighted by Gasteiger charge is -2.34. The number of hydrogen-bond acceptors (Lipinski definition) is 9. The molecule has 1 N–H and O–H groups in total. The Kier molecular flexibility index (Phi) is 13.4. The number of likely N-dealkylation sites (tertiary alicyclic amines) is 1. The van der Waals surface area contributed by atoms with Crippen molar-refractivity contribution < 1.29 is 42.2 Å². The highest BCUT2D eigenvalue weighted by molar-refractivity contribution is 5.93. The summed E-state index contributed by atoms with van der Waals surface area (Å²) in [5.74, 6) is -1.94. The second kappa shape index (κ2) is 17.5. The van der Waals surface area contributed by atoms with E-state index in [1.54, 1.807) is 44.1 Å². The van der Waals surface area contributed by atoms with Gasteiger partial charge in [0, 0.05) is 40.2 Å². The number of halogens is 2. The van der Waals surface area contributed by atoms with Crippen LogP contribution >= 0.6 is 0 Å². The van der Waals surface area contributed by atoms with Crippen LogP contribution in [-0.2, 0) is 30.3 Å². The third-order valence-corrected chi connectivity index (χ3v) is 9.05. The molecule has 4 rings (SSSR count). The number of nitrogens with zero attached hydrogens (tertiary/aromatic N) is 5. The summed E-state index contributed by atoms with van der Waals surface area (Å²) in [4.78, 5) is 65.2. The first-order valence-electron chi connectivity index (χ1n) is 17.4. The van der Waals surface area contributed by atoms with E-state index in [4.69, 9.17) is 14.2 Å². The molecule has 13 nitrogen and oxygen atoms in total. The molecule has 1 saturated heterocycles. The van der Waals surface area contributed by atoms with Crippen molar-refractivity contribution in [2.45, 2.75) is 76.4 Å². The number of carbonyl (C=O) groups is 4. The molecule has 0 aliphatic carbocycles. The number of aliphatic imine (C=N–C) groups is 1.